The van der Waals surface area contributed by atoms with E-state index in [1.807, 2.05) is 13.8 Å². The van der Waals surface area contributed by atoms with Gasteiger partial charge in [0.2, 0.25) is 5.91 Å². The highest BCUT2D eigenvalue weighted by molar-refractivity contribution is 7.86. The predicted molar refractivity (Wildman–Crippen MR) is 106 cm³/mol. The first-order valence-corrected chi connectivity index (χ1v) is 11.6. The number of carbonyl (C=O) groups excluding carboxylic acids is 1. The number of amides is 1. The van der Waals surface area contributed by atoms with Crippen molar-refractivity contribution in [3.05, 3.63) is 35.6 Å². The maximum atomic E-state index is 14.2. The summed E-state index contributed by atoms with van der Waals surface area (Å²) in [5.74, 6) is -0.348. The van der Waals surface area contributed by atoms with Crippen molar-refractivity contribution in [2.75, 3.05) is 19.6 Å². The zero-order valence-electron chi connectivity index (χ0n) is 16.7. The molecule has 1 aromatic carbocycles. The number of halogens is 1. The summed E-state index contributed by atoms with van der Waals surface area (Å²) in [7, 11) is -3.57. The monoisotopic (exact) mass is 411 g/mol. The number of hydrogen-bond donors (Lipinski definition) is 0. The second-order valence-corrected chi connectivity index (χ2v) is 9.37. The van der Waals surface area contributed by atoms with Gasteiger partial charge in [-0.15, -0.1) is 0 Å². The number of hydrogen-bond acceptors (Lipinski definition) is 3. The summed E-state index contributed by atoms with van der Waals surface area (Å²) in [4.78, 5) is 14.6. The quantitative estimate of drug-likeness (QED) is 0.723. The Morgan fingerprint density at radius 2 is 1.82 bits per heavy atom. The highest BCUT2D eigenvalue weighted by Crippen LogP contribution is 2.34. The summed E-state index contributed by atoms with van der Waals surface area (Å²) in [5, 5.41) is 0. The molecular weight excluding hydrogens is 381 g/mol. The third kappa shape index (κ3) is 4.09. The van der Waals surface area contributed by atoms with Gasteiger partial charge in [-0.2, -0.15) is 17.0 Å². The molecule has 0 radical (unpaired) electrons. The first-order valence-electron chi connectivity index (χ1n) is 10.2. The van der Waals surface area contributed by atoms with Gasteiger partial charge < -0.3 is 4.90 Å². The molecule has 0 aromatic heterocycles. The highest BCUT2D eigenvalue weighted by Gasteiger charge is 2.46. The average molecular weight is 412 g/mol. The van der Waals surface area contributed by atoms with Gasteiger partial charge in [-0.3, -0.25) is 4.79 Å². The fourth-order valence-corrected chi connectivity index (χ4v) is 6.34. The van der Waals surface area contributed by atoms with Crippen molar-refractivity contribution in [1.82, 2.24) is 13.5 Å². The Kier molecular flexibility index (Phi) is 6.73. The van der Waals surface area contributed by atoms with Gasteiger partial charge in [0.1, 0.15) is 5.82 Å². The van der Waals surface area contributed by atoms with Gasteiger partial charge in [0.05, 0.1) is 0 Å². The zero-order chi connectivity index (χ0) is 20.3. The minimum absolute atomic E-state index is 0.0139. The van der Waals surface area contributed by atoms with Crippen LogP contribution in [0.25, 0.3) is 0 Å². The Bertz CT molecular complexity index is 798. The number of fused-ring (bicyclic) bond motifs is 1. The number of nitrogens with zero attached hydrogens (tertiary/aromatic N) is 3. The van der Waals surface area contributed by atoms with E-state index in [4.69, 9.17) is 0 Å². The number of rotatable bonds is 6. The van der Waals surface area contributed by atoms with Gasteiger partial charge in [0.25, 0.3) is 10.2 Å². The lowest BCUT2D eigenvalue weighted by Crippen LogP contribution is -2.52. The fraction of sp³-hybridized carbons (Fsp3) is 0.650. The van der Waals surface area contributed by atoms with Crippen LogP contribution >= 0.6 is 0 Å². The Morgan fingerprint density at radius 1 is 1.11 bits per heavy atom. The van der Waals surface area contributed by atoms with Crippen LogP contribution < -0.4 is 0 Å². The Hall–Kier alpha value is -1.51. The molecule has 0 aliphatic carbocycles. The summed E-state index contributed by atoms with van der Waals surface area (Å²) in [5.41, 5.74) is 0.472. The number of likely N-dealkylation sites (tertiary alicyclic amines) is 1. The molecule has 0 unspecified atom stereocenters. The maximum Gasteiger partial charge on any atom is 0.282 e. The van der Waals surface area contributed by atoms with Gasteiger partial charge in [0.15, 0.2) is 0 Å². The van der Waals surface area contributed by atoms with Gasteiger partial charge in [-0.05, 0) is 25.3 Å². The Labute approximate surface area is 167 Å². The minimum atomic E-state index is -3.57. The molecular formula is C20H30FN3O3S. The van der Waals surface area contributed by atoms with Crippen molar-refractivity contribution >= 4 is 16.1 Å². The molecule has 0 saturated carbocycles. The van der Waals surface area contributed by atoms with E-state index in [2.05, 4.69) is 0 Å². The molecule has 1 amide bonds. The fourth-order valence-electron chi connectivity index (χ4n) is 4.47. The molecule has 1 aromatic rings. The number of carbonyl (C=O) groups is 1. The molecule has 0 bridgehead atoms. The summed E-state index contributed by atoms with van der Waals surface area (Å²) < 4.78 is 43.5. The molecule has 0 spiro atoms. The zero-order valence-corrected chi connectivity index (χ0v) is 17.5. The standard InChI is InChI=1S/C20H30FN3O3S/c1-3-22(4-2)28(26,27)24-14-13-18-19(24)11-7-8-12-20(25)23(18)15-16-9-5-6-10-17(16)21/h5-6,9-10,18-19H,3-4,7-8,11-15H2,1-2H3/t18-,19+/m0/s1. The molecule has 0 N–H and O–H groups in total. The molecule has 2 fully saturated rings. The van der Waals surface area contributed by atoms with Crippen molar-refractivity contribution in [3.63, 3.8) is 0 Å². The lowest BCUT2D eigenvalue weighted by molar-refractivity contribution is -0.135. The van der Waals surface area contributed by atoms with Crippen molar-refractivity contribution in [3.8, 4) is 0 Å². The van der Waals surface area contributed by atoms with E-state index in [-0.39, 0.29) is 30.4 Å². The van der Waals surface area contributed by atoms with Crippen LogP contribution in [0, 0.1) is 5.82 Å². The van der Waals surface area contributed by atoms with Crippen molar-refractivity contribution in [1.29, 1.82) is 0 Å². The SMILES string of the molecule is CCN(CC)S(=O)(=O)N1CC[C@H]2[C@H]1CCCCC(=O)N2Cc1ccccc1F. The molecule has 2 atom stereocenters. The van der Waals surface area contributed by atoms with E-state index in [0.717, 1.165) is 19.3 Å². The molecule has 156 valence electrons. The first-order chi connectivity index (χ1) is 13.4. The highest BCUT2D eigenvalue weighted by atomic mass is 32.2. The van der Waals surface area contributed by atoms with E-state index in [1.165, 1.54) is 10.4 Å². The summed E-state index contributed by atoms with van der Waals surface area (Å²) in [6, 6.07) is 6.02. The molecule has 2 aliphatic heterocycles. The van der Waals surface area contributed by atoms with Crippen LogP contribution in [-0.4, -0.2) is 59.6 Å². The third-order valence-electron chi connectivity index (χ3n) is 5.95. The normalized spacial score (nSPS) is 24.3. The van der Waals surface area contributed by atoms with Crippen LogP contribution in [0.15, 0.2) is 24.3 Å². The summed E-state index contributed by atoms with van der Waals surface area (Å²) in [6.07, 6.45) is 3.30. The van der Waals surface area contributed by atoms with E-state index < -0.39 is 10.2 Å². The average Bonchev–Trinajstić information content (AvgIpc) is 3.08. The molecule has 6 nitrogen and oxygen atoms in total. The molecule has 3 rings (SSSR count). The van der Waals surface area contributed by atoms with Crippen LogP contribution in [-0.2, 0) is 21.5 Å². The second-order valence-electron chi connectivity index (χ2n) is 7.48. The molecule has 2 heterocycles. The van der Waals surface area contributed by atoms with Crippen LogP contribution in [0.1, 0.15) is 51.5 Å². The third-order valence-corrected chi connectivity index (χ3v) is 8.16. The Morgan fingerprint density at radius 3 is 2.50 bits per heavy atom. The van der Waals surface area contributed by atoms with Crippen molar-refractivity contribution in [2.45, 2.75) is 64.6 Å². The minimum Gasteiger partial charge on any atom is -0.334 e. The van der Waals surface area contributed by atoms with Gasteiger partial charge in [0, 0.05) is 50.2 Å². The van der Waals surface area contributed by atoms with Crippen LogP contribution in [0.2, 0.25) is 0 Å². The van der Waals surface area contributed by atoms with Gasteiger partial charge in [-0.25, -0.2) is 4.39 Å². The molecule has 8 heteroatoms. The summed E-state index contributed by atoms with van der Waals surface area (Å²) >= 11 is 0. The van der Waals surface area contributed by atoms with Gasteiger partial charge in [-0.1, -0.05) is 38.5 Å². The maximum absolute atomic E-state index is 14.2. The smallest absolute Gasteiger partial charge is 0.282 e. The first kappa shape index (κ1) is 21.2. The van der Waals surface area contributed by atoms with Crippen LogP contribution in [0.5, 0.6) is 0 Å². The topological polar surface area (TPSA) is 60.9 Å². The van der Waals surface area contributed by atoms with Crippen LogP contribution in [0.4, 0.5) is 4.39 Å². The lowest BCUT2D eigenvalue weighted by atomic mass is 9.96. The van der Waals surface area contributed by atoms with E-state index in [0.29, 0.717) is 38.0 Å². The molecule has 2 saturated heterocycles. The molecule has 2 aliphatic rings. The lowest BCUT2D eigenvalue weighted by Gasteiger charge is -2.38. The predicted octanol–water partition coefficient (Wildman–Crippen LogP) is 2.76. The largest absolute Gasteiger partial charge is 0.334 e. The molecule has 28 heavy (non-hydrogen) atoms. The van der Waals surface area contributed by atoms with E-state index in [1.54, 1.807) is 27.4 Å². The number of benzene rings is 1. The second kappa shape index (κ2) is 8.88. The van der Waals surface area contributed by atoms with E-state index in [9.17, 15) is 17.6 Å². The van der Waals surface area contributed by atoms with Crippen molar-refractivity contribution < 1.29 is 17.6 Å². The summed E-state index contributed by atoms with van der Waals surface area (Å²) in [6.45, 7) is 5.09. The van der Waals surface area contributed by atoms with E-state index >= 15 is 0 Å². The Balaban J connectivity index is 1.90. The van der Waals surface area contributed by atoms with Gasteiger partial charge >= 0.3 is 0 Å². The van der Waals surface area contributed by atoms with Crippen molar-refractivity contribution in [2.24, 2.45) is 0 Å². The van der Waals surface area contributed by atoms with Crippen LogP contribution in [0.3, 0.4) is 0 Å².